The van der Waals surface area contributed by atoms with Gasteiger partial charge in [0.15, 0.2) is 6.23 Å². The van der Waals surface area contributed by atoms with E-state index in [2.05, 4.69) is 5.32 Å². The third-order valence-corrected chi connectivity index (χ3v) is 5.60. The van der Waals surface area contributed by atoms with Crippen molar-refractivity contribution in [1.29, 1.82) is 0 Å². The summed E-state index contributed by atoms with van der Waals surface area (Å²) < 4.78 is 5.89. The molecule has 0 saturated carbocycles. The largest absolute Gasteiger partial charge is 0.352 e. The highest BCUT2D eigenvalue weighted by molar-refractivity contribution is 6.14. The smallest absolute Gasteiger partial charge is 0.241 e. The first-order valence-corrected chi connectivity index (χ1v) is 8.58. The number of amides is 2. The highest BCUT2D eigenvalue weighted by Gasteiger charge is 2.61. The SMILES string of the molecule is O=C1Nc2ccccc2CC12C[C@H]1CO[C@H](c3ccccc3)N1C2=O. The Morgan fingerprint density at radius 3 is 2.64 bits per heavy atom. The van der Waals surface area contributed by atoms with Gasteiger partial charge in [0, 0.05) is 11.3 Å². The first kappa shape index (κ1) is 14.7. The number of anilines is 1. The molecule has 3 atom stereocenters. The summed E-state index contributed by atoms with van der Waals surface area (Å²) in [6.07, 6.45) is 0.570. The summed E-state index contributed by atoms with van der Waals surface area (Å²) >= 11 is 0. The van der Waals surface area contributed by atoms with Crippen LogP contribution in [-0.2, 0) is 20.7 Å². The molecule has 3 aliphatic heterocycles. The third kappa shape index (κ3) is 1.99. The van der Waals surface area contributed by atoms with Crippen LogP contribution >= 0.6 is 0 Å². The molecular formula is C20H18N2O3. The number of nitrogens with zero attached hydrogens (tertiary/aromatic N) is 1. The van der Waals surface area contributed by atoms with Crippen molar-refractivity contribution in [2.75, 3.05) is 11.9 Å². The molecule has 3 aliphatic rings. The fraction of sp³-hybridized carbons (Fsp3) is 0.300. The molecule has 0 bridgehead atoms. The van der Waals surface area contributed by atoms with E-state index in [-0.39, 0.29) is 17.9 Å². The van der Waals surface area contributed by atoms with E-state index in [1.165, 1.54) is 0 Å². The molecule has 25 heavy (non-hydrogen) atoms. The molecule has 2 saturated heterocycles. The topological polar surface area (TPSA) is 58.6 Å². The molecule has 0 aromatic heterocycles. The lowest BCUT2D eigenvalue weighted by Crippen LogP contribution is -2.48. The molecule has 3 heterocycles. The van der Waals surface area contributed by atoms with E-state index >= 15 is 0 Å². The molecule has 5 rings (SSSR count). The zero-order chi connectivity index (χ0) is 17.0. The van der Waals surface area contributed by atoms with Crippen molar-refractivity contribution in [3.05, 3.63) is 65.7 Å². The first-order valence-electron chi connectivity index (χ1n) is 8.58. The zero-order valence-corrected chi connectivity index (χ0v) is 13.6. The summed E-state index contributed by atoms with van der Waals surface area (Å²) in [7, 11) is 0. The fourth-order valence-corrected chi connectivity index (χ4v) is 4.38. The van der Waals surface area contributed by atoms with E-state index in [0.717, 1.165) is 16.8 Å². The van der Waals surface area contributed by atoms with Crippen LogP contribution in [0.4, 0.5) is 5.69 Å². The van der Waals surface area contributed by atoms with Crippen molar-refractivity contribution in [3.8, 4) is 0 Å². The lowest BCUT2D eigenvalue weighted by molar-refractivity contribution is -0.148. The van der Waals surface area contributed by atoms with Crippen molar-refractivity contribution in [3.63, 3.8) is 0 Å². The van der Waals surface area contributed by atoms with E-state index in [0.29, 0.717) is 19.4 Å². The van der Waals surface area contributed by atoms with Crippen LogP contribution < -0.4 is 5.32 Å². The van der Waals surface area contributed by atoms with Gasteiger partial charge in [0.25, 0.3) is 0 Å². The van der Waals surface area contributed by atoms with E-state index in [1.54, 1.807) is 4.90 Å². The number of hydrogen-bond acceptors (Lipinski definition) is 3. The Kier molecular flexibility index (Phi) is 3.03. The average molecular weight is 334 g/mol. The molecule has 126 valence electrons. The van der Waals surface area contributed by atoms with Gasteiger partial charge in [-0.3, -0.25) is 9.59 Å². The maximum absolute atomic E-state index is 13.4. The van der Waals surface area contributed by atoms with Gasteiger partial charge in [-0.1, -0.05) is 48.5 Å². The van der Waals surface area contributed by atoms with Gasteiger partial charge in [-0.05, 0) is 24.5 Å². The number of nitrogens with one attached hydrogen (secondary N) is 1. The molecule has 1 spiro atoms. The van der Waals surface area contributed by atoms with E-state index in [1.807, 2.05) is 54.6 Å². The summed E-state index contributed by atoms with van der Waals surface area (Å²) in [5, 5.41) is 2.94. The Bertz CT molecular complexity index is 866. The van der Waals surface area contributed by atoms with Crippen LogP contribution in [0.2, 0.25) is 0 Å². The summed E-state index contributed by atoms with van der Waals surface area (Å²) in [5.41, 5.74) is 1.78. The van der Waals surface area contributed by atoms with Crippen LogP contribution in [0.15, 0.2) is 54.6 Å². The van der Waals surface area contributed by atoms with Crippen LogP contribution in [-0.4, -0.2) is 29.4 Å². The Labute approximate surface area is 145 Å². The van der Waals surface area contributed by atoms with Gasteiger partial charge in [0.1, 0.15) is 5.41 Å². The van der Waals surface area contributed by atoms with Gasteiger partial charge in [-0.15, -0.1) is 0 Å². The number of hydrogen-bond donors (Lipinski definition) is 1. The molecule has 2 amide bonds. The van der Waals surface area contributed by atoms with Crippen LogP contribution in [0, 0.1) is 5.41 Å². The van der Waals surface area contributed by atoms with Crippen molar-refractivity contribution in [2.45, 2.75) is 25.1 Å². The number of para-hydroxylation sites is 1. The maximum atomic E-state index is 13.4. The second-order valence-electron chi connectivity index (χ2n) is 7.04. The maximum Gasteiger partial charge on any atom is 0.241 e. The van der Waals surface area contributed by atoms with Crippen molar-refractivity contribution in [1.82, 2.24) is 4.90 Å². The Hall–Kier alpha value is -2.66. The zero-order valence-electron chi connectivity index (χ0n) is 13.6. The number of rotatable bonds is 1. The standard InChI is InChI=1S/C20H18N2O3/c23-18-20(10-14-8-4-5-9-16(14)21-18)11-15-12-25-17(22(15)19(20)24)13-6-2-1-3-7-13/h1-9,15,17H,10-12H2,(H,21,23)/t15-,17+,20?/m0/s1. The normalized spacial score (nSPS) is 30.3. The number of carbonyl (C=O) groups is 2. The minimum atomic E-state index is -1.00. The molecule has 0 aliphatic carbocycles. The Morgan fingerprint density at radius 1 is 1.04 bits per heavy atom. The summed E-state index contributed by atoms with van der Waals surface area (Å²) in [6, 6.07) is 17.4. The molecule has 5 heteroatoms. The monoisotopic (exact) mass is 334 g/mol. The van der Waals surface area contributed by atoms with Crippen molar-refractivity contribution in [2.24, 2.45) is 5.41 Å². The molecule has 2 aromatic carbocycles. The molecule has 2 fully saturated rings. The van der Waals surface area contributed by atoms with E-state index < -0.39 is 11.6 Å². The second-order valence-corrected chi connectivity index (χ2v) is 7.04. The molecule has 0 radical (unpaired) electrons. The summed E-state index contributed by atoms with van der Waals surface area (Å²) in [6.45, 7) is 0.474. The van der Waals surface area contributed by atoms with Gasteiger partial charge >= 0.3 is 0 Å². The van der Waals surface area contributed by atoms with Crippen LogP contribution in [0.3, 0.4) is 0 Å². The van der Waals surface area contributed by atoms with Crippen molar-refractivity contribution >= 4 is 17.5 Å². The van der Waals surface area contributed by atoms with Gasteiger partial charge in [-0.25, -0.2) is 0 Å². The van der Waals surface area contributed by atoms with Gasteiger partial charge in [0.2, 0.25) is 11.8 Å². The summed E-state index contributed by atoms with van der Waals surface area (Å²) in [5.74, 6) is -0.298. The highest BCUT2D eigenvalue weighted by atomic mass is 16.5. The Morgan fingerprint density at radius 2 is 1.80 bits per heavy atom. The first-order chi connectivity index (χ1) is 12.2. The van der Waals surface area contributed by atoms with Gasteiger partial charge in [0.05, 0.1) is 12.6 Å². The van der Waals surface area contributed by atoms with Crippen molar-refractivity contribution < 1.29 is 14.3 Å². The number of carbonyl (C=O) groups excluding carboxylic acids is 2. The fourth-order valence-electron chi connectivity index (χ4n) is 4.38. The van der Waals surface area contributed by atoms with Crippen LogP contribution in [0.25, 0.3) is 0 Å². The molecule has 2 aromatic rings. The molecular weight excluding hydrogens is 316 g/mol. The molecule has 1 N–H and O–H groups in total. The van der Waals surface area contributed by atoms with Crippen LogP contribution in [0.1, 0.15) is 23.8 Å². The number of fused-ring (bicyclic) bond motifs is 2. The summed E-state index contributed by atoms with van der Waals surface area (Å²) in [4.78, 5) is 28.0. The average Bonchev–Trinajstić information content (AvgIpc) is 3.16. The highest BCUT2D eigenvalue weighted by Crippen LogP contribution is 2.49. The van der Waals surface area contributed by atoms with Gasteiger partial charge in [-0.2, -0.15) is 0 Å². The lowest BCUT2D eigenvalue weighted by Gasteiger charge is -2.33. The molecule has 5 nitrogen and oxygen atoms in total. The van der Waals surface area contributed by atoms with Gasteiger partial charge < -0.3 is 15.0 Å². The van der Waals surface area contributed by atoms with Crippen LogP contribution in [0.5, 0.6) is 0 Å². The van der Waals surface area contributed by atoms with E-state index in [9.17, 15) is 9.59 Å². The number of benzene rings is 2. The minimum absolute atomic E-state index is 0.0475. The predicted molar refractivity (Wildman–Crippen MR) is 91.6 cm³/mol. The Balaban J connectivity index is 1.52. The van der Waals surface area contributed by atoms with E-state index in [4.69, 9.17) is 4.74 Å². The molecule has 1 unspecified atom stereocenters. The second kappa shape index (κ2) is 5.17. The third-order valence-electron chi connectivity index (χ3n) is 5.60. The quantitative estimate of drug-likeness (QED) is 0.815. The number of ether oxygens (including phenoxy) is 1. The lowest BCUT2D eigenvalue weighted by atomic mass is 9.75. The predicted octanol–water partition coefficient (Wildman–Crippen LogP) is 2.50. The minimum Gasteiger partial charge on any atom is -0.352 e.